The minimum Gasteiger partial charge on any atom is -0.487 e. The van der Waals surface area contributed by atoms with Gasteiger partial charge in [0.05, 0.1) is 18.4 Å². The molecule has 0 aliphatic carbocycles. The molecule has 152 valence electrons. The van der Waals surface area contributed by atoms with Gasteiger partial charge in [0, 0.05) is 42.8 Å². The molecule has 0 bridgehead atoms. The van der Waals surface area contributed by atoms with Crippen molar-refractivity contribution in [3.63, 3.8) is 0 Å². The molecule has 2 aromatic rings. The predicted molar refractivity (Wildman–Crippen MR) is 105 cm³/mol. The van der Waals surface area contributed by atoms with E-state index in [1.54, 1.807) is 30.5 Å². The number of carbonyl (C=O) groups excluding carboxylic acids is 1. The molecule has 9 heteroatoms. The van der Waals surface area contributed by atoms with Gasteiger partial charge in [-0.05, 0) is 23.8 Å². The monoisotopic (exact) mass is 420 g/mol. The number of nitrogens with two attached hydrogens (primary N) is 1. The summed E-state index contributed by atoms with van der Waals surface area (Å²) in [5, 5.41) is 2.99. The van der Waals surface area contributed by atoms with Crippen molar-refractivity contribution in [3.05, 3.63) is 47.2 Å². The number of aromatic nitrogens is 1. The Bertz CT molecular complexity index is 994. The molecule has 3 N–H and O–H groups in total. The van der Waals surface area contributed by atoms with E-state index in [1.165, 1.54) is 6.20 Å². The standard InChI is InChI=1S/C20H19ClF2N4O2/c21-14-7-13(9-25-10-14)12-1-2-16-15(8-12)20(17(28)26-18(24)27-20)11-19(29-16,3-5-22)4-6-23/h1-2,7-10H,3-6,11H2,(H3,24,26,27,28). The first-order chi connectivity index (χ1) is 13.9. The Kier molecular flexibility index (Phi) is 4.90. The van der Waals surface area contributed by atoms with E-state index < -0.39 is 30.4 Å². The van der Waals surface area contributed by atoms with Crippen LogP contribution in [0.5, 0.6) is 5.75 Å². The summed E-state index contributed by atoms with van der Waals surface area (Å²) in [6.45, 7) is -1.42. The Morgan fingerprint density at radius 3 is 2.55 bits per heavy atom. The maximum Gasteiger partial charge on any atom is 0.259 e. The van der Waals surface area contributed by atoms with Crippen LogP contribution in [-0.2, 0) is 10.3 Å². The third-order valence-electron chi connectivity index (χ3n) is 5.40. The van der Waals surface area contributed by atoms with Crippen LogP contribution in [0.15, 0.2) is 41.7 Å². The quantitative estimate of drug-likeness (QED) is 0.776. The van der Waals surface area contributed by atoms with Gasteiger partial charge in [-0.25, -0.2) is 4.99 Å². The molecule has 29 heavy (non-hydrogen) atoms. The number of carbonyl (C=O) groups is 1. The highest BCUT2D eigenvalue weighted by Crippen LogP contribution is 2.50. The molecular weight excluding hydrogens is 402 g/mol. The fourth-order valence-electron chi connectivity index (χ4n) is 4.08. The minimum absolute atomic E-state index is 0.00930. The third kappa shape index (κ3) is 3.31. The Balaban J connectivity index is 1.89. The van der Waals surface area contributed by atoms with Crippen LogP contribution in [0.25, 0.3) is 11.1 Å². The molecule has 1 spiro atoms. The molecule has 1 amide bonds. The molecule has 0 saturated carbocycles. The second kappa shape index (κ2) is 7.26. The van der Waals surface area contributed by atoms with Crippen molar-refractivity contribution in [2.45, 2.75) is 30.4 Å². The second-order valence-corrected chi connectivity index (χ2v) is 7.69. The van der Waals surface area contributed by atoms with Gasteiger partial charge in [-0.1, -0.05) is 17.7 Å². The summed E-state index contributed by atoms with van der Waals surface area (Å²) in [4.78, 5) is 21.4. The highest BCUT2D eigenvalue weighted by molar-refractivity contribution is 6.30. The highest BCUT2D eigenvalue weighted by Gasteiger charge is 2.56. The van der Waals surface area contributed by atoms with Gasteiger partial charge in [0.25, 0.3) is 5.91 Å². The number of pyridine rings is 1. The van der Waals surface area contributed by atoms with E-state index in [9.17, 15) is 13.6 Å². The number of nitrogens with one attached hydrogen (secondary N) is 1. The van der Waals surface area contributed by atoms with Gasteiger partial charge in [-0.15, -0.1) is 0 Å². The lowest BCUT2D eigenvalue weighted by molar-refractivity contribution is -0.128. The van der Waals surface area contributed by atoms with Crippen LogP contribution in [0, 0.1) is 0 Å². The van der Waals surface area contributed by atoms with Crippen molar-refractivity contribution < 1.29 is 18.3 Å². The maximum absolute atomic E-state index is 13.3. The van der Waals surface area contributed by atoms with Crippen molar-refractivity contribution in [3.8, 4) is 16.9 Å². The van der Waals surface area contributed by atoms with Crippen LogP contribution in [0.2, 0.25) is 5.02 Å². The minimum atomic E-state index is -1.41. The molecule has 1 unspecified atom stereocenters. The molecule has 4 rings (SSSR count). The number of rotatable bonds is 5. The summed E-state index contributed by atoms with van der Waals surface area (Å²) in [5.41, 5.74) is 5.17. The first-order valence-electron chi connectivity index (χ1n) is 9.15. The number of alkyl halides is 2. The summed E-state index contributed by atoms with van der Waals surface area (Å²) < 4.78 is 32.7. The van der Waals surface area contributed by atoms with E-state index in [-0.39, 0.29) is 25.2 Å². The molecule has 2 aliphatic rings. The van der Waals surface area contributed by atoms with E-state index in [0.29, 0.717) is 16.3 Å². The number of fused-ring (bicyclic) bond motifs is 2. The molecule has 1 aromatic carbocycles. The molecule has 3 heterocycles. The number of nitrogens with zero attached hydrogens (tertiary/aromatic N) is 2. The zero-order chi connectivity index (χ0) is 20.6. The van der Waals surface area contributed by atoms with Gasteiger partial charge >= 0.3 is 0 Å². The molecule has 0 saturated heterocycles. The van der Waals surface area contributed by atoms with Crippen molar-refractivity contribution in [1.29, 1.82) is 0 Å². The first-order valence-corrected chi connectivity index (χ1v) is 9.52. The number of halogens is 3. The van der Waals surface area contributed by atoms with Crippen molar-refractivity contribution in [2.75, 3.05) is 13.3 Å². The molecule has 2 aliphatic heterocycles. The van der Waals surface area contributed by atoms with Crippen LogP contribution >= 0.6 is 11.6 Å². The predicted octanol–water partition coefficient (Wildman–Crippen LogP) is 3.28. The molecule has 6 nitrogen and oxygen atoms in total. The topological polar surface area (TPSA) is 89.6 Å². The Morgan fingerprint density at radius 1 is 1.17 bits per heavy atom. The summed E-state index contributed by atoms with van der Waals surface area (Å²) in [6.07, 6.45) is 3.05. The summed E-state index contributed by atoms with van der Waals surface area (Å²) in [5.74, 6) is -0.124. The maximum atomic E-state index is 13.3. The Morgan fingerprint density at radius 2 is 1.93 bits per heavy atom. The van der Waals surface area contributed by atoms with Crippen LogP contribution in [0.4, 0.5) is 8.78 Å². The zero-order valence-corrected chi connectivity index (χ0v) is 16.2. The summed E-state index contributed by atoms with van der Waals surface area (Å²) in [7, 11) is 0. The number of aliphatic imine (C=N–C) groups is 1. The van der Waals surface area contributed by atoms with Gasteiger partial charge < -0.3 is 10.5 Å². The van der Waals surface area contributed by atoms with E-state index in [0.717, 1.165) is 11.1 Å². The van der Waals surface area contributed by atoms with Crippen LogP contribution in [0.1, 0.15) is 24.8 Å². The molecular formula is C20H19ClF2N4O2. The fraction of sp³-hybridized carbons (Fsp3) is 0.350. The van der Waals surface area contributed by atoms with Gasteiger partial charge in [0.1, 0.15) is 11.4 Å². The molecule has 1 aromatic heterocycles. The third-order valence-corrected chi connectivity index (χ3v) is 5.60. The van der Waals surface area contributed by atoms with E-state index in [1.807, 2.05) is 0 Å². The Labute approximate surface area is 171 Å². The van der Waals surface area contributed by atoms with Crippen molar-refractivity contribution in [1.82, 2.24) is 10.3 Å². The number of guanidine groups is 1. The number of ether oxygens (including phenoxy) is 1. The average Bonchev–Trinajstić information content (AvgIpc) is 2.95. The number of hydrogen-bond acceptors (Lipinski definition) is 5. The normalized spacial score (nSPS) is 22.0. The lowest BCUT2D eigenvalue weighted by atomic mass is 9.73. The zero-order valence-electron chi connectivity index (χ0n) is 15.4. The largest absolute Gasteiger partial charge is 0.487 e. The van der Waals surface area contributed by atoms with Gasteiger partial charge in [0.15, 0.2) is 11.5 Å². The van der Waals surface area contributed by atoms with Gasteiger partial charge in [0.2, 0.25) is 0 Å². The summed E-state index contributed by atoms with van der Waals surface area (Å²) in [6, 6.07) is 6.96. The number of hydrogen-bond donors (Lipinski definition) is 2. The Hall–Kier alpha value is -2.74. The molecule has 0 radical (unpaired) electrons. The number of amides is 1. The second-order valence-electron chi connectivity index (χ2n) is 7.25. The first kappa shape index (κ1) is 19.6. The highest BCUT2D eigenvalue weighted by atomic mass is 35.5. The summed E-state index contributed by atoms with van der Waals surface area (Å²) >= 11 is 6.05. The van der Waals surface area contributed by atoms with E-state index in [2.05, 4.69) is 15.3 Å². The molecule has 1 atom stereocenters. The van der Waals surface area contributed by atoms with Crippen molar-refractivity contribution in [2.24, 2.45) is 10.7 Å². The van der Waals surface area contributed by atoms with Crippen molar-refractivity contribution >= 4 is 23.5 Å². The van der Waals surface area contributed by atoms with Crippen LogP contribution in [-0.4, -0.2) is 35.8 Å². The average molecular weight is 421 g/mol. The van der Waals surface area contributed by atoms with Gasteiger partial charge in [-0.3, -0.25) is 23.9 Å². The van der Waals surface area contributed by atoms with Gasteiger partial charge in [-0.2, -0.15) is 0 Å². The van der Waals surface area contributed by atoms with E-state index >= 15 is 0 Å². The fourth-order valence-corrected chi connectivity index (χ4v) is 4.25. The van der Waals surface area contributed by atoms with E-state index in [4.69, 9.17) is 22.1 Å². The SMILES string of the molecule is NC1=NC2(CC(CCF)(CCF)Oc3ccc(-c4cncc(Cl)c4)cc32)C(=O)N1. The lowest BCUT2D eigenvalue weighted by Crippen LogP contribution is -2.52. The lowest BCUT2D eigenvalue weighted by Gasteiger charge is -2.44. The smallest absolute Gasteiger partial charge is 0.259 e. The van der Waals surface area contributed by atoms with Crippen LogP contribution < -0.4 is 15.8 Å². The number of benzene rings is 1. The molecule has 0 fully saturated rings. The van der Waals surface area contributed by atoms with Crippen LogP contribution in [0.3, 0.4) is 0 Å².